The first-order chi connectivity index (χ1) is 7.90. The number of carboxylic acids is 1. The molecule has 8 heteroatoms. The summed E-state index contributed by atoms with van der Waals surface area (Å²) in [6.45, 7) is -1.48. The summed E-state index contributed by atoms with van der Waals surface area (Å²) in [6, 6.07) is 0. The van der Waals surface area contributed by atoms with E-state index in [2.05, 4.69) is 4.74 Å². The van der Waals surface area contributed by atoms with Crippen molar-refractivity contribution in [3.05, 3.63) is 12.3 Å². The first-order valence-corrected chi connectivity index (χ1v) is 4.59. The van der Waals surface area contributed by atoms with Crippen LogP contribution in [0.5, 0.6) is 0 Å². The van der Waals surface area contributed by atoms with Gasteiger partial charge in [-0.1, -0.05) is 0 Å². The molecule has 98 valence electrons. The molecule has 17 heavy (non-hydrogen) atoms. The zero-order valence-corrected chi connectivity index (χ0v) is 8.76. The molecule has 0 radical (unpaired) electrons. The number of aliphatic hydroxyl groups excluding tert-OH is 4. The van der Waals surface area contributed by atoms with Crippen LogP contribution in [0, 0.1) is 0 Å². The van der Waals surface area contributed by atoms with Crippen molar-refractivity contribution < 1.29 is 39.9 Å². The summed E-state index contributed by atoms with van der Waals surface area (Å²) >= 11 is 0. The lowest BCUT2D eigenvalue weighted by molar-refractivity contribution is -0.143. The number of aliphatic carboxylic acids is 1. The van der Waals surface area contributed by atoms with Crippen LogP contribution in [0.1, 0.15) is 0 Å². The van der Waals surface area contributed by atoms with E-state index in [1.54, 1.807) is 0 Å². The Bertz CT molecular complexity index is 287. The van der Waals surface area contributed by atoms with Gasteiger partial charge in [0.2, 0.25) is 5.78 Å². The van der Waals surface area contributed by atoms with Gasteiger partial charge in [0.15, 0.2) is 0 Å². The van der Waals surface area contributed by atoms with Gasteiger partial charge in [-0.15, -0.1) is 0 Å². The van der Waals surface area contributed by atoms with E-state index in [-0.39, 0.29) is 0 Å². The van der Waals surface area contributed by atoms with Gasteiger partial charge in [-0.25, -0.2) is 4.79 Å². The highest BCUT2D eigenvalue weighted by atomic mass is 16.5. The molecule has 0 spiro atoms. The van der Waals surface area contributed by atoms with E-state index in [1.807, 2.05) is 0 Å². The Hall–Kier alpha value is -1.48. The molecular weight excluding hydrogens is 236 g/mol. The number of hydrogen-bond donors (Lipinski definition) is 5. The first-order valence-electron chi connectivity index (χ1n) is 4.59. The van der Waals surface area contributed by atoms with Crippen molar-refractivity contribution in [2.45, 2.75) is 18.3 Å². The molecule has 8 nitrogen and oxygen atoms in total. The molecule has 0 aromatic heterocycles. The van der Waals surface area contributed by atoms with E-state index in [4.69, 9.17) is 20.4 Å². The summed E-state index contributed by atoms with van der Waals surface area (Å²) in [5.41, 5.74) is 0. The minimum Gasteiger partial charge on any atom is -0.493 e. The van der Waals surface area contributed by atoms with Crippen LogP contribution in [-0.2, 0) is 14.3 Å². The van der Waals surface area contributed by atoms with Crippen LogP contribution >= 0.6 is 0 Å². The predicted molar refractivity (Wildman–Crippen MR) is 52.8 cm³/mol. The summed E-state index contributed by atoms with van der Waals surface area (Å²) in [4.78, 5) is 21.2. The zero-order valence-electron chi connectivity index (χ0n) is 8.76. The number of carboxylic acid groups (broad SMARTS) is 1. The Kier molecular flexibility index (Phi) is 7.06. The van der Waals surface area contributed by atoms with E-state index < -0.39 is 43.3 Å². The highest BCUT2D eigenvalue weighted by Crippen LogP contribution is 2.01. The molecule has 0 saturated carbocycles. The van der Waals surface area contributed by atoms with Gasteiger partial charge >= 0.3 is 5.97 Å². The van der Waals surface area contributed by atoms with Crippen molar-refractivity contribution in [3.8, 4) is 0 Å². The van der Waals surface area contributed by atoms with Crippen LogP contribution < -0.4 is 0 Å². The molecule has 0 aromatic carbocycles. The van der Waals surface area contributed by atoms with Crippen LogP contribution in [-0.4, -0.2) is 68.8 Å². The largest absolute Gasteiger partial charge is 0.493 e. The first kappa shape index (κ1) is 15.5. The number of Topliss-reactive ketones (excluding diaryl/α,β-unsaturated/α-hetero) is 1. The highest BCUT2D eigenvalue weighted by Gasteiger charge is 2.29. The Morgan fingerprint density at radius 2 is 1.82 bits per heavy atom. The number of ether oxygens (including phenoxy) is 1. The molecule has 0 amide bonds. The second-order valence-corrected chi connectivity index (χ2v) is 3.10. The van der Waals surface area contributed by atoms with Gasteiger partial charge in [0.05, 0.1) is 18.9 Å². The maximum absolute atomic E-state index is 11.1. The molecule has 0 aromatic rings. The van der Waals surface area contributed by atoms with E-state index in [9.17, 15) is 14.7 Å². The molecule has 0 unspecified atom stereocenters. The van der Waals surface area contributed by atoms with Gasteiger partial charge in [0.1, 0.15) is 24.9 Å². The minimum atomic E-state index is -1.92. The number of hydrogen-bond acceptors (Lipinski definition) is 7. The lowest BCUT2D eigenvalue weighted by Gasteiger charge is -2.20. The minimum absolute atomic E-state index is 0.638. The number of rotatable bonds is 8. The normalized spacial score (nSPS) is 16.5. The molecule has 0 aliphatic carbocycles. The standard InChI is InChI=1S/C9H14O8/c10-3-5(11)8(15)9(16)6(12)4-17-2-1-7(13)14/h1-2,5,8-11,15-16H,3-4H2,(H,13,14)/t5-,8-,9-/m1/s1. The Balaban J connectivity index is 4.09. The van der Waals surface area contributed by atoms with Crippen molar-refractivity contribution in [1.29, 1.82) is 0 Å². The lowest BCUT2D eigenvalue weighted by atomic mass is 10.1. The van der Waals surface area contributed by atoms with Gasteiger partial charge < -0.3 is 30.3 Å². The molecule has 0 heterocycles. The topological polar surface area (TPSA) is 145 Å². The van der Waals surface area contributed by atoms with Gasteiger partial charge in [-0.05, 0) is 0 Å². The van der Waals surface area contributed by atoms with Gasteiger partial charge in [-0.2, -0.15) is 0 Å². The predicted octanol–water partition coefficient (Wildman–Crippen LogP) is -2.75. The van der Waals surface area contributed by atoms with Crippen molar-refractivity contribution in [3.63, 3.8) is 0 Å². The van der Waals surface area contributed by atoms with Crippen LogP contribution in [0.15, 0.2) is 12.3 Å². The molecule has 0 saturated heterocycles. The quantitative estimate of drug-likeness (QED) is 0.230. The van der Waals surface area contributed by atoms with Crippen molar-refractivity contribution >= 4 is 11.8 Å². The van der Waals surface area contributed by atoms with E-state index >= 15 is 0 Å². The zero-order chi connectivity index (χ0) is 13.4. The third-order valence-electron chi connectivity index (χ3n) is 1.77. The molecule has 5 N–H and O–H groups in total. The Labute approximate surface area is 96.4 Å². The number of aliphatic hydroxyl groups is 4. The average molecular weight is 250 g/mol. The van der Waals surface area contributed by atoms with Crippen LogP contribution in [0.25, 0.3) is 0 Å². The Morgan fingerprint density at radius 1 is 1.24 bits per heavy atom. The summed E-state index contributed by atoms with van der Waals surface area (Å²) < 4.78 is 4.46. The average Bonchev–Trinajstić information content (AvgIpc) is 2.31. The Morgan fingerprint density at radius 3 is 2.29 bits per heavy atom. The number of carbonyl (C=O) groups excluding carboxylic acids is 1. The maximum Gasteiger partial charge on any atom is 0.331 e. The molecule has 0 aliphatic heterocycles. The summed E-state index contributed by atoms with van der Waals surface area (Å²) in [5, 5.41) is 44.0. The van der Waals surface area contributed by atoms with Crippen LogP contribution in [0.3, 0.4) is 0 Å². The third-order valence-corrected chi connectivity index (χ3v) is 1.77. The summed E-state index contributed by atoms with van der Waals surface area (Å²) in [7, 11) is 0. The number of carbonyl (C=O) groups is 2. The fourth-order valence-electron chi connectivity index (χ4n) is 0.831. The molecule has 0 aliphatic rings. The van der Waals surface area contributed by atoms with Gasteiger partial charge in [-0.3, -0.25) is 4.79 Å². The lowest BCUT2D eigenvalue weighted by Crippen LogP contribution is -2.44. The molecular formula is C9H14O8. The van der Waals surface area contributed by atoms with Crippen molar-refractivity contribution in [1.82, 2.24) is 0 Å². The fraction of sp³-hybridized carbons (Fsp3) is 0.556. The second-order valence-electron chi connectivity index (χ2n) is 3.10. The summed E-state index contributed by atoms with van der Waals surface area (Å²) in [6.07, 6.45) is -4.03. The second kappa shape index (κ2) is 7.74. The molecule has 0 fully saturated rings. The molecule has 3 atom stereocenters. The van der Waals surface area contributed by atoms with Crippen molar-refractivity contribution in [2.24, 2.45) is 0 Å². The summed E-state index contributed by atoms with van der Waals surface area (Å²) in [5.74, 6) is -2.23. The van der Waals surface area contributed by atoms with E-state index in [0.717, 1.165) is 6.26 Å². The smallest absolute Gasteiger partial charge is 0.331 e. The SMILES string of the molecule is O=C(O)C=COCC(=O)[C@@H](O)[C@H](O)[C@H](O)CO. The van der Waals surface area contributed by atoms with Gasteiger partial charge in [0.25, 0.3) is 0 Å². The maximum atomic E-state index is 11.1. The van der Waals surface area contributed by atoms with Gasteiger partial charge in [0, 0.05) is 0 Å². The molecule has 0 rings (SSSR count). The monoisotopic (exact) mass is 250 g/mol. The van der Waals surface area contributed by atoms with E-state index in [1.165, 1.54) is 0 Å². The highest BCUT2D eigenvalue weighted by molar-refractivity contribution is 5.85. The van der Waals surface area contributed by atoms with Crippen LogP contribution in [0.2, 0.25) is 0 Å². The third kappa shape index (κ3) is 5.97. The number of ketones is 1. The molecule has 0 bridgehead atoms. The van der Waals surface area contributed by atoms with Crippen molar-refractivity contribution in [2.75, 3.05) is 13.2 Å². The van der Waals surface area contributed by atoms with Crippen LogP contribution in [0.4, 0.5) is 0 Å². The van der Waals surface area contributed by atoms with E-state index in [0.29, 0.717) is 6.08 Å². The fourth-order valence-corrected chi connectivity index (χ4v) is 0.831.